The van der Waals surface area contributed by atoms with Gasteiger partial charge in [-0.05, 0) is 13.0 Å². The molecule has 2 heterocycles. The number of rotatable bonds is 3. The summed E-state index contributed by atoms with van der Waals surface area (Å²) in [6, 6.07) is 1.97. The molecule has 2 N–H and O–H groups in total. The second-order valence-corrected chi connectivity index (χ2v) is 6.77. The Labute approximate surface area is 112 Å². The van der Waals surface area contributed by atoms with Crippen molar-refractivity contribution in [3.05, 3.63) is 25.1 Å². The molecule has 0 saturated heterocycles. The van der Waals surface area contributed by atoms with Gasteiger partial charge < -0.3 is 5.73 Å². The second kappa shape index (κ2) is 5.02. The lowest BCUT2D eigenvalue weighted by Gasteiger charge is -1.99. The predicted octanol–water partition coefficient (Wildman–Crippen LogP) is 4.07. The van der Waals surface area contributed by atoms with Gasteiger partial charge in [0.2, 0.25) is 0 Å². The van der Waals surface area contributed by atoms with Gasteiger partial charge in [0.1, 0.15) is 4.34 Å². The zero-order valence-corrected chi connectivity index (χ0v) is 11.7. The number of aromatic nitrogens is 1. The smallest absolute Gasteiger partial charge is 0.104 e. The summed E-state index contributed by atoms with van der Waals surface area (Å²) in [5, 5.41) is 3.02. The van der Waals surface area contributed by atoms with Crippen LogP contribution >= 0.6 is 45.9 Å². The molecule has 0 aliphatic heterocycles. The first-order chi connectivity index (χ1) is 7.56. The van der Waals surface area contributed by atoms with Crippen molar-refractivity contribution in [2.24, 2.45) is 5.73 Å². The van der Waals surface area contributed by atoms with Crippen LogP contribution in [0.2, 0.25) is 8.67 Å². The van der Waals surface area contributed by atoms with Gasteiger partial charge in [0, 0.05) is 23.4 Å². The lowest BCUT2D eigenvalue weighted by atomic mass is 10.2. The van der Waals surface area contributed by atoms with E-state index in [9.17, 15) is 0 Å². The lowest BCUT2D eigenvalue weighted by molar-refractivity contribution is 0.734. The summed E-state index contributed by atoms with van der Waals surface area (Å²) in [5.41, 5.74) is 7.52. The quantitative estimate of drug-likeness (QED) is 0.926. The summed E-state index contributed by atoms with van der Waals surface area (Å²) < 4.78 is 1.37. The van der Waals surface area contributed by atoms with Crippen molar-refractivity contribution in [3.63, 3.8) is 0 Å². The van der Waals surface area contributed by atoms with Crippen LogP contribution < -0.4 is 5.73 Å². The third-order valence-corrected chi connectivity index (χ3v) is 4.34. The van der Waals surface area contributed by atoms with E-state index >= 15 is 0 Å². The van der Waals surface area contributed by atoms with Crippen molar-refractivity contribution in [3.8, 4) is 11.3 Å². The Morgan fingerprint density at radius 3 is 2.81 bits per heavy atom. The zero-order valence-electron chi connectivity index (χ0n) is 8.54. The molecule has 0 spiro atoms. The highest BCUT2D eigenvalue weighted by Gasteiger charge is 2.12. The Morgan fingerprint density at radius 1 is 1.50 bits per heavy atom. The highest BCUT2D eigenvalue weighted by atomic mass is 35.5. The van der Waals surface area contributed by atoms with Gasteiger partial charge in [0.15, 0.2) is 0 Å². The van der Waals surface area contributed by atoms with Crippen LogP contribution in [0, 0.1) is 0 Å². The molecule has 0 saturated carbocycles. The SMILES string of the molecule is CC(N)Cc1nc(-c2cc(Cl)sc2Cl)cs1. The number of thiazole rings is 1. The van der Waals surface area contributed by atoms with Gasteiger partial charge in [-0.2, -0.15) is 0 Å². The summed E-state index contributed by atoms with van der Waals surface area (Å²) >= 11 is 14.9. The van der Waals surface area contributed by atoms with E-state index in [0.717, 1.165) is 22.7 Å². The van der Waals surface area contributed by atoms with Crippen LogP contribution in [0.5, 0.6) is 0 Å². The largest absolute Gasteiger partial charge is 0.328 e. The minimum Gasteiger partial charge on any atom is -0.328 e. The van der Waals surface area contributed by atoms with Crippen molar-refractivity contribution in [1.29, 1.82) is 0 Å². The fraction of sp³-hybridized carbons (Fsp3) is 0.300. The lowest BCUT2D eigenvalue weighted by Crippen LogP contribution is -2.17. The molecule has 16 heavy (non-hydrogen) atoms. The van der Waals surface area contributed by atoms with E-state index in [1.165, 1.54) is 11.3 Å². The highest BCUT2D eigenvalue weighted by molar-refractivity contribution is 7.20. The standard InChI is InChI=1S/C10H10Cl2N2S2/c1-5(13)2-9-14-7(4-15-9)6-3-8(11)16-10(6)12/h3-5H,2,13H2,1H3. The maximum absolute atomic E-state index is 6.07. The molecule has 0 fully saturated rings. The molecule has 1 atom stereocenters. The van der Waals surface area contributed by atoms with Gasteiger partial charge >= 0.3 is 0 Å². The minimum atomic E-state index is 0.125. The van der Waals surface area contributed by atoms with Crippen molar-refractivity contribution in [1.82, 2.24) is 4.98 Å². The summed E-state index contributed by atoms with van der Waals surface area (Å²) in [5.74, 6) is 0. The van der Waals surface area contributed by atoms with E-state index in [1.54, 1.807) is 11.3 Å². The van der Waals surface area contributed by atoms with Crippen molar-refractivity contribution in [2.75, 3.05) is 0 Å². The van der Waals surface area contributed by atoms with Crippen molar-refractivity contribution in [2.45, 2.75) is 19.4 Å². The third-order valence-electron chi connectivity index (χ3n) is 1.98. The summed E-state index contributed by atoms with van der Waals surface area (Å²) in [6.07, 6.45) is 0.792. The first-order valence-electron chi connectivity index (χ1n) is 4.71. The normalized spacial score (nSPS) is 13.0. The average molecular weight is 293 g/mol. The van der Waals surface area contributed by atoms with E-state index in [4.69, 9.17) is 28.9 Å². The van der Waals surface area contributed by atoms with Crippen LogP contribution in [0.1, 0.15) is 11.9 Å². The van der Waals surface area contributed by atoms with Gasteiger partial charge in [-0.25, -0.2) is 4.98 Å². The van der Waals surface area contributed by atoms with E-state index in [-0.39, 0.29) is 6.04 Å². The van der Waals surface area contributed by atoms with Gasteiger partial charge in [0.25, 0.3) is 0 Å². The average Bonchev–Trinajstić information content (AvgIpc) is 2.72. The predicted molar refractivity (Wildman–Crippen MR) is 72.8 cm³/mol. The van der Waals surface area contributed by atoms with Crippen LogP contribution in [-0.2, 0) is 6.42 Å². The monoisotopic (exact) mass is 292 g/mol. The van der Waals surface area contributed by atoms with Crippen LogP contribution in [0.15, 0.2) is 11.4 Å². The molecule has 1 unspecified atom stereocenters. The Kier molecular flexibility index (Phi) is 3.87. The third kappa shape index (κ3) is 2.76. The number of hydrogen-bond acceptors (Lipinski definition) is 4. The maximum atomic E-state index is 6.07. The molecular weight excluding hydrogens is 283 g/mol. The Morgan fingerprint density at radius 2 is 2.25 bits per heavy atom. The number of hydrogen-bond donors (Lipinski definition) is 1. The van der Waals surface area contributed by atoms with Crippen LogP contribution in [-0.4, -0.2) is 11.0 Å². The minimum absolute atomic E-state index is 0.125. The topological polar surface area (TPSA) is 38.9 Å². The first-order valence-corrected chi connectivity index (χ1v) is 7.16. The highest BCUT2D eigenvalue weighted by Crippen LogP contribution is 2.38. The molecule has 6 heteroatoms. The van der Waals surface area contributed by atoms with Crippen LogP contribution in [0.4, 0.5) is 0 Å². The Balaban J connectivity index is 2.28. The van der Waals surface area contributed by atoms with Crippen molar-refractivity contribution >= 4 is 45.9 Å². The molecule has 0 amide bonds. The maximum Gasteiger partial charge on any atom is 0.104 e. The molecule has 2 aromatic rings. The summed E-state index contributed by atoms with van der Waals surface area (Å²) in [7, 11) is 0. The Bertz CT molecular complexity index is 491. The Hall–Kier alpha value is -0.130. The summed E-state index contributed by atoms with van der Waals surface area (Å²) in [6.45, 7) is 1.97. The number of nitrogens with zero attached hydrogens (tertiary/aromatic N) is 1. The van der Waals surface area contributed by atoms with Gasteiger partial charge in [0.05, 0.1) is 15.0 Å². The molecule has 0 radical (unpaired) electrons. The van der Waals surface area contributed by atoms with E-state index in [1.807, 2.05) is 18.4 Å². The van der Waals surface area contributed by atoms with E-state index in [0.29, 0.717) is 8.67 Å². The molecule has 86 valence electrons. The fourth-order valence-electron chi connectivity index (χ4n) is 1.32. The number of halogens is 2. The molecule has 0 aromatic carbocycles. The molecule has 2 rings (SSSR count). The summed E-state index contributed by atoms with van der Waals surface area (Å²) in [4.78, 5) is 4.50. The van der Waals surface area contributed by atoms with Crippen molar-refractivity contribution < 1.29 is 0 Å². The van der Waals surface area contributed by atoms with E-state index in [2.05, 4.69) is 4.98 Å². The van der Waals surface area contributed by atoms with Gasteiger partial charge in [-0.1, -0.05) is 23.2 Å². The number of nitrogens with two attached hydrogens (primary N) is 1. The molecule has 0 bridgehead atoms. The second-order valence-electron chi connectivity index (χ2n) is 3.55. The van der Waals surface area contributed by atoms with Crippen LogP contribution in [0.25, 0.3) is 11.3 Å². The van der Waals surface area contributed by atoms with E-state index < -0.39 is 0 Å². The van der Waals surface area contributed by atoms with Crippen LogP contribution in [0.3, 0.4) is 0 Å². The number of thiophene rings is 1. The molecule has 0 aliphatic carbocycles. The fourth-order valence-corrected chi connectivity index (χ4v) is 3.74. The van der Waals surface area contributed by atoms with Gasteiger partial charge in [-0.3, -0.25) is 0 Å². The molecular formula is C10H10Cl2N2S2. The molecule has 2 nitrogen and oxygen atoms in total. The molecule has 2 aromatic heterocycles. The zero-order chi connectivity index (χ0) is 11.7. The molecule has 0 aliphatic rings. The van der Waals surface area contributed by atoms with Gasteiger partial charge in [-0.15, -0.1) is 22.7 Å². The first kappa shape index (κ1) is 12.3.